The molecule has 182 valence electrons. The highest BCUT2D eigenvalue weighted by Crippen LogP contribution is 2.30. The average molecular weight is 483 g/mol. The van der Waals surface area contributed by atoms with Crippen molar-refractivity contribution in [1.29, 1.82) is 0 Å². The van der Waals surface area contributed by atoms with E-state index in [1.807, 2.05) is 70.6 Å². The van der Waals surface area contributed by atoms with Crippen molar-refractivity contribution in [2.45, 2.75) is 18.5 Å². The summed E-state index contributed by atoms with van der Waals surface area (Å²) in [6.45, 7) is 2.74. The minimum absolute atomic E-state index is 0.00385. The van der Waals surface area contributed by atoms with Gasteiger partial charge < -0.3 is 20.1 Å². The van der Waals surface area contributed by atoms with E-state index in [0.29, 0.717) is 25.2 Å². The molecule has 0 aliphatic carbocycles. The fourth-order valence-electron chi connectivity index (χ4n) is 5.26. The summed E-state index contributed by atoms with van der Waals surface area (Å²) < 4.78 is 13.7. The van der Waals surface area contributed by atoms with Crippen molar-refractivity contribution in [3.8, 4) is 11.1 Å². The quantitative estimate of drug-likeness (QED) is 0.446. The molecular weight excluding hydrogens is 455 g/mol. The third-order valence-corrected chi connectivity index (χ3v) is 7.20. The number of fused-ring (bicyclic) bond motifs is 1. The lowest BCUT2D eigenvalue weighted by Crippen LogP contribution is -2.62. The number of likely N-dealkylation sites (tertiary alicyclic amines) is 2. The number of amides is 2. The first kappa shape index (κ1) is 22.5. The second-order valence-corrected chi connectivity index (χ2v) is 9.65. The van der Waals surface area contributed by atoms with Crippen LogP contribution in [-0.2, 0) is 0 Å². The number of aromatic amines is 1. The monoisotopic (exact) mass is 482 g/mol. The van der Waals surface area contributed by atoms with Crippen molar-refractivity contribution in [1.82, 2.24) is 20.1 Å². The SMILES string of the molecule is O=C(c1ccc2c(-c3cccc(F)c3)c[nH]c2c1)N1CC(N[C@H]2CCN(C(=O)c3ccccc3)C2)C1. The highest BCUT2D eigenvalue weighted by atomic mass is 19.1. The maximum Gasteiger partial charge on any atom is 0.254 e. The van der Waals surface area contributed by atoms with Gasteiger partial charge in [0.2, 0.25) is 0 Å². The molecule has 6 nitrogen and oxygen atoms in total. The molecule has 1 aromatic heterocycles. The Hall–Kier alpha value is -3.97. The topological polar surface area (TPSA) is 68.4 Å². The molecule has 7 heteroatoms. The number of nitrogens with one attached hydrogen (secondary N) is 2. The summed E-state index contributed by atoms with van der Waals surface area (Å²) in [6.07, 6.45) is 2.77. The predicted molar refractivity (Wildman–Crippen MR) is 137 cm³/mol. The summed E-state index contributed by atoms with van der Waals surface area (Å²) in [5.41, 5.74) is 3.92. The minimum atomic E-state index is -0.275. The molecule has 36 heavy (non-hydrogen) atoms. The van der Waals surface area contributed by atoms with Crippen molar-refractivity contribution in [3.63, 3.8) is 0 Å². The van der Waals surface area contributed by atoms with Gasteiger partial charge in [0.15, 0.2) is 0 Å². The van der Waals surface area contributed by atoms with Crippen LogP contribution < -0.4 is 5.32 Å². The number of hydrogen-bond acceptors (Lipinski definition) is 3. The average Bonchev–Trinajstić information content (AvgIpc) is 3.52. The molecule has 0 bridgehead atoms. The summed E-state index contributed by atoms with van der Waals surface area (Å²) in [7, 11) is 0. The molecule has 0 radical (unpaired) electrons. The number of carbonyl (C=O) groups excluding carboxylic acids is 2. The Morgan fingerprint density at radius 2 is 1.61 bits per heavy atom. The first-order chi connectivity index (χ1) is 17.5. The van der Waals surface area contributed by atoms with Crippen molar-refractivity contribution in [2.75, 3.05) is 26.2 Å². The summed E-state index contributed by atoms with van der Waals surface area (Å²) in [5, 5.41) is 4.57. The van der Waals surface area contributed by atoms with E-state index in [9.17, 15) is 14.0 Å². The molecule has 0 unspecified atom stereocenters. The number of benzene rings is 3. The number of halogens is 1. The Morgan fingerprint density at radius 3 is 2.42 bits per heavy atom. The fraction of sp³-hybridized carbons (Fsp3) is 0.241. The number of hydrogen-bond donors (Lipinski definition) is 2. The van der Waals surface area contributed by atoms with E-state index in [4.69, 9.17) is 0 Å². The van der Waals surface area contributed by atoms with Crippen molar-refractivity contribution < 1.29 is 14.0 Å². The molecule has 2 fully saturated rings. The van der Waals surface area contributed by atoms with Crippen molar-refractivity contribution >= 4 is 22.7 Å². The van der Waals surface area contributed by atoms with E-state index >= 15 is 0 Å². The number of aromatic nitrogens is 1. The molecule has 2 N–H and O–H groups in total. The molecule has 2 aliphatic rings. The zero-order valence-electron chi connectivity index (χ0n) is 19.8. The molecular formula is C29H27FN4O2. The molecule has 0 spiro atoms. The predicted octanol–water partition coefficient (Wildman–Crippen LogP) is 4.30. The van der Waals surface area contributed by atoms with Gasteiger partial charge in [-0.2, -0.15) is 0 Å². The minimum Gasteiger partial charge on any atom is -0.361 e. The van der Waals surface area contributed by atoms with Gasteiger partial charge >= 0.3 is 0 Å². The molecule has 3 heterocycles. The fourth-order valence-corrected chi connectivity index (χ4v) is 5.26. The van der Waals surface area contributed by atoms with Crippen LogP contribution in [0.15, 0.2) is 79.0 Å². The van der Waals surface area contributed by atoms with Crippen LogP contribution in [0, 0.1) is 5.82 Å². The Bertz CT molecular complexity index is 1430. The standard InChI is InChI=1S/C29H27FN4O2/c30-22-8-4-7-20(13-22)26-15-31-27-14-21(9-10-25(26)27)29(36)34-17-24(18-34)32-23-11-12-33(16-23)28(35)19-5-2-1-3-6-19/h1-10,13-15,23-24,31-32H,11-12,16-18H2/t23-/m0/s1. The van der Waals surface area contributed by atoms with E-state index < -0.39 is 0 Å². The molecule has 2 saturated heterocycles. The molecule has 1 atom stereocenters. The number of H-pyrrole nitrogens is 1. The van der Waals surface area contributed by atoms with Crippen LogP contribution in [0.5, 0.6) is 0 Å². The highest BCUT2D eigenvalue weighted by Gasteiger charge is 2.35. The molecule has 2 amide bonds. The molecule has 2 aliphatic heterocycles. The molecule has 0 saturated carbocycles. The van der Waals surface area contributed by atoms with E-state index in [2.05, 4.69) is 10.3 Å². The maximum atomic E-state index is 13.7. The number of carbonyl (C=O) groups is 2. The lowest BCUT2D eigenvalue weighted by molar-refractivity contribution is 0.0553. The maximum absolute atomic E-state index is 13.7. The summed E-state index contributed by atoms with van der Waals surface area (Å²) in [4.78, 5) is 32.7. The Labute approximate surface area is 208 Å². The zero-order valence-corrected chi connectivity index (χ0v) is 19.8. The first-order valence-corrected chi connectivity index (χ1v) is 12.3. The van der Waals surface area contributed by atoms with Crippen LogP contribution in [0.2, 0.25) is 0 Å². The second kappa shape index (κ2) is 9.24. The van der Waals surface area contributed by atoms with E-state index in [1.165, 1.54) is 12.1 Å². The third kappa shape index (κ3) is 4.27. The number of nitrogens with zero attached hydrogens (tertiary/aromatic N) is 2. The van der Waals surface area contributed by atoms with Crippen LogP contribution in [-0.4, -0.2) is 64.9 Å². The van der Waals surface area contributed by atoms with E-state index in [-0.39, 0.29) is 29.7 Å². The summed E-state index contributed by atoms with van der Waals surface area (Å²) in [5.74, 6) is -0.197. The van der Waals surface area contributed by atoms with Gasteiger partial charge in [-0.15, -0.1) is 0 Å². The van der Waals surface area contributed by atoms with Gasteiger partial charge in [0.25, 0.3) is 11.8 Å². The van der Waals surface area contributed by atoms with Gasteiger partial charge in [-0.3, -0.25) is 9.59 Å². The van der Waals surface area contributed by atoms with Crippen molar-refractivity contribution in [3.05, 3.63) is 95.9 Å². The van der Waals surface area contributed by atoms with Crippen LogP contribution in [0.1, 0.15) is 27.1 Å². The molecule has 3 aromatic carbocycles. The van der Waals surface area contributed by atoms with Gasteiger partial charge in [0.05, 0.1) is 0 Å². The second-order valence-electron chi connectivity index (χ2n) is 9.65. The molecule has 6 rings (SSSR count). The van der Waals surface area contributed by atoms with Crippen LogP contribution in [0.25, 0.3) is 22.0 Å². The lowest BCUT2D eigenvalue weighted by Gasteiger charge is -2.41. The van der Waals surface area contributed by atoms with Gasteiger partial charge in [0, 0.05) is 72.1 Å². The van der Waals surface area contributed by atoms with Crippen molar-refractivity contribution in [2.24, 2.45) is 0 Å². The van der Waals surface area contributed by atoms with Crippen LogP contribution in [0.3, 0.4) is 0 Å². The first-order valence-electron chi connectivity index (χ1n) is 12.3. The smallest absolute Gasteiger partial charge is 0.254 e. The Morgan fingerprint density at radius 1 is 0.833 bits per heavy atom. The van der Waals surface area contributed by atoms with Crippen LogP contribution >= 0.6 is 0 Å². The summed E-state index contributed by atoms with van der Waals surface area (Å²) in [6, 6.07) is 22.0. The van der Waals surface area contributed by atoms with Crippen LogP contribution in [0.4, 0.5) is 4.39 Å². The van der Waals surface area contributed by atoms with Gasteiger partial charge in [0.1, 0.15) is 5.82 Å². The normalized spacial score (nSPS) is 18.0. The van der Waals surface area contributed by atoms with Gasteiger partial charge in [-0.25, -0.2) is 4.39 Å². The van der Waals surface area contributed by atoms with E-state index in [1.54, 1.807) is 6.07 Å². The van der Waals surface area contributed by atoms with Gasteiger partial charge in [-0.1, -0.05) is 36.4 Å². The third-order valence-electron chi connectivity index (χ3n) is 7.20. The summed E-state index contributed by atoms with van der Waals surface area (Å²) >= 11 is 0. The largest absolute Gasteiger partial charge is 0.361 e. The Balaban J connectivity index is 1.05. The Kier molecular flexibility index (Phi) is 5.77. The zero-order chi connectivity index (χ0) is 24.6. The number of rotatable bonds is 5. The highest BCUT2D eigenvalue weighted by molar-refractivity contribution is 6.02. The molecule has 4 aromatic rings. The van der Waals surface area contributed by atoms with Gasteiger partial charge in [-0.05, 0) is 48.4 Å². The van der Waals surface area contributed by atoms with E-state index in [0.717, 1.165) is 40.6 Å². The lowest BCUT2D eigenvalue weighted by atomic mass is 10.0.